The summed E-state index contributed by atoms with van der Waals surface area (Å²) in [4.78, 5) is 13.8. The van der Waals surface area contributed by atoms with Crippen LogP contribution in [0.15, 0.2) is 78.9 Å². The smallest absolute Gasteiger partial charge is 0.306 e. The topological polar surface area (TPSA) is 49.8 Å². The number of hydrogen-bond acceptors (Lipinski definition) is 3. The number of methoxy groups -OCH3 is 1. The van der Waals surface area contributed by atoms with Crippen LogP contribution in [0.3, 0.4) is 0 Å². The summed E-state index contributed by atoms with van der Waals surface area (Å²) in [6, 6.07) is 27.3. The predicted molar refractivity (Wildman–Crippen MR) is 119 cm³/mol. The highest BCUT2D eigenvalue weighted by atomic mass is 16.5. The molecule has 4 nitrogen and oxygen atoms in total. The van der Waals surface area contributed by atoms with E-state index in [9.17, 15) is 9.90 Å². The zero-order valence-electron chi connectivity index (χ0n) is 17.2. The summed E-state index contributed by atoms with van der Waals surface area (Å²) in [6.07, 6.45) is 1.36. The highest BCUT2D eigenvalue weighted by molar-refractivity contribution is 5.70. The summed E-state index contributed by atoms with van der Waals surface area (Å²) >= 11 is 0. The highest BCUT2D eigenvalue weighted by Crippen LogP contribution is 2.35. The van der Waals surface area contributed by atoms with Crippen molar-refractivity contribution in [2.45, 2.75) is 18.9 Å². The molecule has 0 aliphatic carbocycles. The third kappa shape index (κ3) is 4.39. The SMILES string of the molecule is COc1cccc(C(c2ccc(-c3ccccc3)cc2)N2CCC(C(=O)O)CC2)c1. The summed E-state index contributed by atoms with van der Waals surface area (Å²) in [6.45, 7) is 1.53. The van der Waals surface area contributed by atoms with Crippen molar-refractivity contribution in [1.82, 2.24) is 4.90 Å². The Morgan fingerprint density at radius 3 is 2.20 bits per heavy atom. The lowest BCUT2D eigenvalue weighted by molar-refractivity contribution is -0.143. The van der Waals surface area contributed by atoms with E-state index in [0.717, 1.165) is 24.4 Å². The van der Waals surface area contributed by atoms with Crippen LogP contribution in [0.2, 0.25) is 0 Å². The molecule has 1 aliphatic heterocycles. The van der Waals surface area contributed by atoms with E-state index in [-0.39, 0.29) is 12.0 Å². The monoisotopic (exact) mass is 401 g/mol. The summed E-state index contributed by atoms with van der Waals surface area (Å²) < 4.78 is 5.46. The van der Waals surface area contributed by atoms with E-state index in [1.54, 1.807) is 7.11 Å². The zero-order valence-corrected chi connectivity index (χ0v) is 17.2. The Balaban J connectivity index is 1.66. The van der Waals surface area contributed by atoms with Crippen LogP contribution in [-0.4, -0.2) is 36.2 Å². The third-order valence-electron chi connectivity index (χ3n) is 5.99. The molecule has 1 heterocycles. The predicted octanol–water partition coefficient (Wildman–Crippen LogP) is 5.25. The second-order valence-electron chi connectivity index (χ2n) is 7.82. The number of rotatable bonds is 6. The molecule has 3 aromatic rings. The maximum Gasteiger partial charge on any atom is 0.306 e. The first-order valence-electron chi connectivity index (χ1n) is 10.4. The molecule has 0 aromatic heterocycles. The standard InChI is InChI=1S/C26H27NO3/c1-30-24-9-5-8-23(18-24)25(27-16-14-22(15-17-27)26(28)29)21-12-10-20(11-13-21)19-6-3-2-4-7-19/h2-13,18,22,25H,14-17H2,1H3,(H,28,29). The number of piperidine rings is 1. The lowest BCUT2D eigenvalue weighted by atomic mass is 9.90. The van der Waals surface area contributed by atoms with E-state index < -0.39 is 5.97 Å². The molecule has 1 saturated heterocycles. The molecule has 0 radical (unpaired) electrons. The largest absolute Gasteiger partial charge is 0.497 e. The lowest BCUT2D eigenvalue weighted by Crippen LogP contribution is -2.39. The first-order valence-corrected chi connectivity index (χ1v) is 10.4. The van der Waals surface area contributed by atoms with Gasteiger partial charge in [0.1, 0.15) is 5.75 Å². The lowest BCUT2D eigenvalue weighted by Gasteiger charge is -2.37. The van der Waals surface area contributed by atoms with E-state index in [4.69, 9.17) is 4.74 Å². The van der Waals surface area contributed by atoms with Crippen LogP contribution in [0.4, 0.5) is 0 Å². The van der Waals surface area contributed by atoms with Crippen molar-refractivity contribution < 1.29 is 14.6 Å². The molecular weight excluding hydrogens is 374 g/mol. The fourth-order valence-electron chi connectivity index (χ4n) is 4.32. The number of nitrogens with zero attached hydrogens (tertiary/aromatic N) is 1. The molecule has 1 aliphatic rings. The highest BCUT2D eigenvalue weighted by Gasteiger charge is 2.30. The Morgan fingerprint density at radius 1 is 0.900 bits per heavy atom. The van der Waals surface area contributed by atoms with E-state index in [1.807, 2.05) is 18.2 Å². The first kappa shape index (κ1) is 20.2. The van der Waals surface area contributed by atoms with Crippen LogP contribution in [0.5, 0.6) is 5.75 Å². The average molecular weight is 402 g/mol. The molecule has 0 spiro atoms. The molecule has 1 unspecified atom stereocenters. The fourth-order valence-corrected chi connectivity index (χ4v) is 4.32. The molecule has 1 fully saturated rings. The molecule has 4 rings (SSSR count). The molecule has 4 heteroatoms. The minimum absolute atomic E-state index is 0.0691. The summed E-state index contributed by atoms with van der Waals surface area (Å²) in [7, 11) is 1.68. The van der Waals surface area contributed by atoms with E-state index in [2.05, 4.69) is 65.6 Å². The number of carbonyl (C=O) groups is 1. The number of likely N-dealkylation sites (tertiary alicyclic amines) is 1. The quantitative estimate of drug-likeness (QED) is 0.613. The number of aliphatic carboxylic acids is 1. The maximum absolute atomic E-state index is 11.4. The van der Waals surface area contributed by atoms with Gasteiger partial charge in [-0.2, -0.15) is 0 Å². The molecule has 30 heavy (non-hydrogen) atoms. The normalized spacial score (nSPS) is 16.2. The van der Waals surface area contributed by atoms with Crippen molar-refractivity contribution in [1.29, 1.82) is 0 Å². The van der Waals surface area contributed by atoms with Gasteiger partial charge >= 0.3 is 5.97 Å². The Morgan fingerprint density at radius 2 is 1.57 bits per heavy atom. The van der Waals surface area contributed by atoms with Gasteiger partial charge in [0.2, 0.25) is 0 Å². The molecule has 3 aromatic carbocycles. The summed E-state index contributed by atoms with van der Waals surface area (Å²) in [5.74, 6) is -0.0914. The number of benzene rings is 3. The van der Waals surface area contributed by atoms with Crippen molar-refractivity contribution in [3.63, 3.8) is 0 Å². The van der Waals surface area contributed by atoms with Crippen LogP contribution in [0.25, 0.3) is 11.1 Å². The molecular formula is C26H27NO3. The Bertz CT molecular complexity index is 977. The Hall–Kier alpha value is -3.11. The van der Waals surface area contributed by atoms with Gasteiger partial charge in [-0.05, 0) is 60.3 Å². The minimum Gasteiger partial charge on any atom is -0.497 e. The summed E-state index contributed by atoms with van der Waals surface area (Å²) in [5.41, 5.74) is 4.75. The summed E-state index contributed by atoms with van der Waals surface area (Å²) in [5, 5.41) is 9.37. The van der Waals surface area contributed by atoms with E-state index in [1.165, 1.54) is 16.7 Å². The van der Waals surface area contributed by atoms with Crippen LogP contribution < -0.4 is 4.74 Å². The molecule has 154 valence electrons. The maximum atomic E-state index is 11.4. The van der Waals surface area contributed by atoms with Crippen molar-refractivity contribution in [3.05, 3.63) is 90.0 Å². The fraction of sp³-hybridized carbons (Fsp3) is 0.269. The second-order valence-corrected chi connectivity index (χ2v) is 7.82. The van der Waals surface area contributed by atoms with Crippen LogP contribution >= 0.6 is 0 Å². The first-order chi connectivity index (χ1) is 14.7. The molecule has 1 atom stereocenters. The molecule has 1 N–H and O–H groups in total. The van der Waals surface area contributed by atoms with Gasteiger partial charge in [-0.1, -0.05) is 66.7 Å². The Labute approximate surface area is 177 Å². The second kappa shape index (κ2) is 9.14. The van der Waals surface area contributed by atoms with Gasteiger partial charge in [0, 0.05) is 0 Å². The van der Waals surface area contributed by atoms with Gasteiger partial charge in [-0.15, -0.1) is 0 Å². The van der Waals surface area contributed by atoms with Gasteiger partial charge in [0.15, 0.2) is 0 Å². The van der Waals surface area contributed by atoms with E-state index >= 15 is 0 Å². The zero-order chi connectivity index (χ0) is 20.9. The Kier molecular flexibility index (Phi) is 6.15. The van der Waals surface area contributed by atoms with Crippen LogP contribution in [-0.2, 0) is 4.79 Å². The molecule has 0 saturated carbocycles. The molecule has 0 amide bonds. The number of carboxylic acids is 1. The average Bonchev–Trinajstić information content (AvgIpc) is 2.81. The van der Waals surface area contributed by atoms with Gasteiger partial charge in [0.25, 0.3) is 0 Å². The van der Waals surface area contributed by atoms with Gasteiger partial charge < -0.3 is 9.84 Å². The van der Waals surface area contributed by atoms with Crippen molar-refractivity contribution in [2.75, 3.05) is 20.2 Å². The van der Waals surface area contributed by atoms with Crippen LogP contribution in [0.1, 0.15) is 30.0 Å². The van der Waals surface area contributed by atoms with Gasteiger partial charge in [-0.25, -0.2) is 0 Å². The molecule has 0 bridgehead atoms. The van der Waals surface area contributed by atoms with Crippen molar-refractivity contribution in [3.8, 4) is 16.9 Å². The van der Waals surface area contributed by atoms with E-state index in [0.29, 0.717) is 12.8 Å². The van der Waals surface area contributed by atoms with Gasteiger partial charge in [-0.3, -0.25) is 9.69 Å². The minimum atomic E-state index is -0.681. The van der Waals surface area contributed by atoms with Gasteiger partial charge in [0.05, 0.1) is 19.1 Å². The number of hydrogen-bond donors (Lipinski definition) is 1. The number of ether oxygens (including phenoxy) is 1. The third-order valence-corrected chi connectivity index (χ3v) is 5.99. The van der Waals surface area contributed by atoms with Crippen molar-refractivity contribution in [2.24, 2.45) is 5.92 Å². The van der Waals surface area contributed by atoms with Crippen LogP contribution in [0, 0.1) is 5.92 Å². The number of carboxylic acid groups (broad SMARTS) is 1. The van der Waals surface area contributed by atoms with Crippen molar-refractivity contribution >= 4 is 5.97 Å².